The first kappa shape index (κ1) is 16.3. The molecule has 0 rings (SSSR count). The van der Waals surface area contributed by atoms with Crippen LogP contribution in [-0.4, -0.2) is 55.9 Å². The van der Waals surface area contributed by atoms with Crippen molar-refractivity contribution in [3.05, 3.63) is 0 Å². The fourth-order valence-electron chi connectivity index (χ4n) is 0.708. The van der Waals surface area contributed by atoms with Crippen LogP contribution < -0.4 is 0 Å². The molecule has 0 aliphatic carbocycles. The van der Waals surface area contributed by atoms with Crippen LogP contribution >= 0.6 is 31.0 Å². The summed E-state index contributed by atoms with van der Waals surface area (Å²) in [6.07, 6.45) is -1.98. The molecule has 10 heteroatoms. The second-order valence-corrected chi connectivity index (χ2v) is 4.78. The predicted molar refractivity (Wildman–Crippen MR) is 55.4 cm³/mol. The summed E-state index contributed by atoms with van der Waals surface area (Å²) in [4.78, 5) is 27.8. The summed E-state index contributed by atoms with van der Waals surface area (Å²) < 4.78 is 14.1. The molecule has 96 valence electrons. The van der Waals surface area contributed by atoms with Gasteiger partial charge in [-0.3, -0.25) is 9.32 Å². The number of phosphoric acid groups is 1. The number of ketones is 1. The first-order valence-corrected chi connectivity index (χ1v) is 6.51. The van der Waals surface area contributed by atoms with E-state index >= 15 is 0 Å². The normalized spacial score (nSPS) is 14.9. The van der Waals surface area contributed by atoms with Crippen molar-refractivity contribution in [3.8, 4) is 0 Å². The number of hydrogen-bond donors (Lipinski definition) is 4. The maximum absolute atomic E-state index is 11.2. The van der Waals surface area contributed by atoms with Crippen LogP contribution in [0.5, 0.6) is 0 Å². The zero-order valence-electron chi connectivity index (χ0n) is 7.92. The lowest BCUT2D eigenvalue weighted by Gasteiger charge is -2.27. The van der Waals surface area contributed by atoms with Gasteiger partial charge in [0, 0.05) is 0 Å². The van der Waals surface area contributed by atoms with E-state index in [0.29, 0.717) is 0 Å². The SMILES string of the molecule is O=C(COP(=O)(O)O)C(O)C(O)(CCl)CCl. The molecular weight excluding hydrogens is 286 g/mol. The van der Waals surface area contributed by atoms with Crippen LogP contribution in [0.2, 0.25) is 0 Å². The molecule has 0 aliphatic heterocycles. The van der Waals surface area contributed by atoms with Gasteiger partial charge in [0.25, 0.3) is 0 Å². The second-order valence-electron chi connectivity index (χ2n) is 3.00. The molecule has 0 aromatic heterocycles. The molecule has 0 fully saturated rings. The minimum Gasteiger partial charge on any atom is -0.384 e. The number of halogens is 2. The maximum Gasteiger partial charge on any atom is 0.470 e. The largest absolute Gasteiger partial charge is 0.470 e. The van der Waals surface area contributed by atoms with Crippen LogP contribution in [-0.2, 0) is 13.9 Å². The number of hydrogen-bond acceptors (Lipinski definition) is 5. The number of Topliss-reactive ketones (excluding diaryl/α,β-unsaturated/α-hetero) is 1. The summed E-state index contributed by atoms with van der Waals surface area (Å²) >= 11 is 10.6. The third kappa shape index (κ3) is 5.07. The standard InChI is InChI=1S/C6H11Cl2O7P/c7-2-6(11,3-8)5(10)4(9)1-15-16(12,13)14/h5,10-11H,1-3H2,(H2,12,13,14). The van der Waals surface area contributed by atoms with E-state index < -0.39 is 43.7 Å². The van der Waals surface area contributed by atoms with Gasteiger partial charge >= 0.3 is 7.82 Å². The predicted octanol–water partition coefficient (Wildman–Crippen LogP) is -0.766. The molecule has 0 saturated heterocycles. The van der Waals surface area contributed by atoms with Gasteiger partial charge in [0.05, 0.1) is 11.8 Å². The molecule has 1 atom stereocenters. The number of aliphatic hydroxyl groups excluding tert-OH is 1. The van der Waals surface area contributed by atoms with Gasteiger partial charge in [0.15, 0.2) is 5.78 Å². The third-order valence-electron chi connectivity index (χ3n) is 1.65. The third-order valence-corrected chi connectivity index (χ3v) is 3.04. The first-order valence-electron chi connectivity index (χ1n) is 3.91. The molecule has 0 amide bonds. The zero-order chi connectivity index (χ0) is 13.0. The molecule has 0 heterocycles. The van der Waals surface area contributed by atoms with Crippen molar-refractivity contribution < 1.29 is 33.9 Å². The van der Waals surface area contributed by atoms with Crippen molar-refractivity contribution in [3.63, 3.8) is 0 Å². The molecule has 0 aromatic rings. The highest BCUT2D eigenvalue weighted by atomic mass is 35.5. The van der Waals surface area contributed by atoms with Crippen molar-refractivity contribution in [1.82, 2.24) is 0 Å². The molecule has 0 aliphatic rings. The van der Waals surface area contributed by atoms with E-state index in [1.807, 2.05) is 0 Å². The van der Waals surface area contributed by atoms with Gasteiger partial charge in [0.2, 0.25) is 0 Å². The second kappa shape index (κ2) is 6.28. The van der Waals surface area contributed by atoms with Crippen molar-refractivity contribution >= 4 is 36.8 Å². The lowest BCUT2D eigenvalue weighted by molar-refractivity contribution is -0.141. The van der Waals surface area contributed by atoms with E-state index in [4.69, 9.17) is 33.0 Å². The topological polar surface area (TPSA) is 124 Å². The van der Waals surface area contributed by atoms with E-state index in [-0.39, 0.29) is 0 Å². The van der Waals surface area contributed by atoms with Crippen molar-refractivity contribution in [2.75, 3.05) is 18.4 Å². The molecule has 0 aromatic carbocycles. The smallest absolute Gasteiger partial charge is 0.384 e. The maximum atomic E-state index is 11.2. The Bertz CT molecular complexity index is 287. The van der Waals surface area contributed by atoms with Gasteiger partial charge in [0.1, 0.15) is 18.3 Å². The van der Waals surface area contributed by atoms with Crippen LogP contribution in [0.25, 0.3) is 0 Å². The molecular formula is C6H11Cl2O7P. The fourth-order valence-corrected chi connectivity index (χ4v) is 1.58. The van der Waals surface area contributed by atoms with Crippen LogP contribution in [0.4, 0.5) is 0 Å². The number of carbonyl (C=O) groups is 1. The molecule has 0 radical (unpaired) electrons. The Morgan fingerprint density at radius 2 is 1.81 bits per heavy atom. The summed E-state index contributed by atoms with van der Waals surface area (Å²) in [7, 11) is -4.81. The lowest BCUT2D eigenvalue weighted by Crippen LogP contribution is -2.51. The van der Waals surface area contributed by atoms with Crippen molar-refractivity contribution in [1.29, 1.82) is 0 Å². The number of rotatable bonds is 7. The Balaban J connectivity index is 4.45. The molecule has 1 unspecified atom stereocenters. The Hall–Kier alpha value is 0.280. The van der Waals surface area contributed by atoms with Crippen LogP contribution in [0.1, 0.15) is 0 Å². The first-order chi connectivity index (χ1) is 7.16. The summed E-state index contributed by atoms with van der Waals surface area (Å²) in [5.41, 5.74) is -2.06. The minimum absolute atomic E-state index is 0.515. The highest BCUT2D eigenvalue weighted by Gasteiger charge is 2.39. The molecule has 16 heavy (non-hydrogen) atoms. The van der Waals surface area contributed by atoms with E-state index in [0.717, 1.165) is 0 Å². The average molecular weight is 297 g/mol. The van der Waals surface area contributed by atoms with E-state index in [1.54, 1.807) is 0 Å². The molecule has 0 bridgehead atoms. The van der Waals surface area contributed by atoms with Crippen molar-refractivity contribution in [2.24, 2.45) is 0 Å². The minimum atomic E-state index is -4.81. The summed E-state index contributed by atoms with van der Waals surface area (Å²) in [5.74, 6) is -2.16. The van der Waals surface area contributed by atoms with Crippen LogP contribution in [0, 0.1) is 0 Å². The summed E-state index contributed by atoms with van der Waals surface area (Å²) in [5, 5.41) is 18.8. The van der Waals surface area contributed by atoms with Crippen LogP contribution in [0.15, 0.2) is 0 Å². The molecule has 7 nitrogen and oxygen atoms in total. The van der Waals surface area contributed by atoms with Gasteiger partial charge in [-0.1, -0.05) is 0 Å². The van der Waals surface area contributed by atoms with Gasteiger partial charge < -0.3 is 20.0 Å². The zero-order valence-corrected chi connectivity index (χ0v) is 10.3. The average Bonchev–Trinajstić information content (AvgIpc) is 2.22. The Morgan fingerprint density at radius 1 is 1.38 bits per heavy atom. The molecule has 4 N–H and O–H groups in total. The van der Waals surface area contributed by atoms with Crippen molar-refractivity contribution in [2.45, 2.75) is 11.7 Å². The summed E-state index contributed by atoms with van der Waals surface area (Å²) in [6, 6.07) is 0. The van der Waals surface area contributed by atoms with Gasteiger partial charge in [-0.15, -0.1) is 23.2 Å². The highest BCUT2D eigenvalue weighted by molar-refractivity contribution is 7.46. The number of phosphoric ester groups is 1. The van der Waals surface area contributed by atoms with E-state index in [9.17, 15) is 19.6 Å². The quantitative estimate of drug-likeness (QED) is 0.359. The monoisotopic (exact) mass is 296 g/mol. The molecule has 0 saturated carbocycles. The molecule has 0 spiro atoms. The number of aliphatic hydroxyl groups is 2. The summed E-state index contributed by atoms with van der Waals surface area (Å²) in [6.45, 7) is -1.05. The lowest BCUT2D eigenvalue weighted by atomic mass is 9.98. The van der Waals surface area contributed by atoms with Gasteiger partial charge in [-0.05, 0) is 0 Å². The van der Waals surface area contributed by atoms with E-state index in [1.165, 1.54) is 0 Å². The van der Waals surface area contributed by atoms with Crippen LogP contribution in [0.3, 0.4) is 0 Å². The fraction of sp³-hybridized carbons (Fsp3) is 0.833. The van der Waals surface area contributed by atoms with E-state index in [2.05, 4.69) is 4.52 Å². The highest BCUT2D eigenvalue weighted by Crippen LogP contribution is 2.35. The number of carbonyl (C=O) groups excluding carboxylic acids is 1. The van der Waals surface area contributed by atoms with Gasteiger partial charge in [-0.2, -0.15) is 0 Å². The number of alkyl halides is 2. The van der Waals surface area contributed by atoms with Gasteiger partial charge in [-0.25, -0.2) is 4.57 Å². The Morgan fingerprint density at radius 3 is 2.12 bits per heavy atom. The Labute approximate surface area is 101 Å². The Kier molecular flexibility index (Phi) is 6.39.